The standard InChI is InChI=1S/C17H18ClFN4O/c1-11-3-2-6-23(10-11)17(24)15-8-21-16(9-20-15)22-12-4-5-14(19)13(18)7-12/h4-5,7-9,11H,2-3,6,10H2,1H3,(H,21,22). The van der Waals surface area contributed by atoms with Crippen LogP contribution in [0.5, 0.6) is 0 Å². The summed E-state index contributed by atoms with van der Waals surface area (Å²) in [5.41, 5.74) is 0.923. The van der Waals surface area contributed by atoms with Crippen molar-refractivity contribution in [2.45, 2.75) is 19.8 Å². The number of piperidine rings is 1. The molecule has 7 heteroatoms. The zero-order valence-corrected chi connectivity index (χ0v) is 14.1. The van der Waals surface area contributed by atoms with E-state index in [0.717, 1.165) is 25.9 Å². The molecule has 1 aromatic heterocycles. The summed E-state index contributed by atoms with van der Waals surface area (Å²) < 4.78 is 13.2. The number of likely N-dealkylation sites (tertiary alicyclic amines) is 1. The number of aromatic nitrogens is 2. The summed E-state index contributed by atoms with van der Waals surface area (Å²) in [4.78, 5) is 22.7. The maximum absolute atomic E-state index is 13.2. The summed E-state index contributed by atoms with van der Waals surface area (Å²) in [5, 5.41) is 3.00. The lowest BCUT2D eigenvalue weighted by Gasteiger charge is -2.30. The van der Waals surface area contributed by atoms with Gasteiger partial charge in [0, 0.05) is 18.8 Å². The van der Waals surface area contributed by atoms with Crippen molar-refractivity contribution >= 4 is 29.0 Å². The molecule has 1 aliphatic rings. The SMILES string of the molecule is CC1CCCN(C(=O)c2cnc(Nc3ccc(F)c(Cl)c3)cn2)C1. The predicted molar refractivity (Wildman–Crippen MR) is 91.0 cm³/mol. The van der Waals surface area contributed by atoms with Gasteiger partial charge in [0.25, 0.3) is 5.91 Å². The molecule has 1 fully saturated rings. The Balaban J connectivity index is 1.68. The second-order valence-corrected chi connectivity index (χ2v) is 6.45. The minimum atomic E-state index is -0.481. The topological polar surface area (TPSA) is 58.1 Å². The van der Waals surface area contributed by atoms with Crippen LogP contribution in [0.25, 0.3) is 0 Å². The molecule has 1 saturated heterocycles. The minimum Gasteiger partial charge on any atom is -0.339 e. The van der Waals surface area contributed by atoms with Crippen molar-refractivity contribution in [3.63, 3.8) is 0 Å². The Morgan fingerprint density at radius 2 is 2.21 bits per heavy atom. The number of anilines is 2. The molecule has 3 rings (SSSR count). The van der Waals surface area contributed by atoms with Crippen molar-refractivity contribution in [1.82, 2.24) is 14.9 Å². The van der Waals surface area contributed by atoms with E-state index in [1.54, 1.807) is 6.07 Å². The summed E-state index contributed by atoms with van der Waals surface area (Å²) in [5.74, 6) is 0.400. The molecule has 5 nitrogen and oxygen atoms in total. The number of nitrogens with one attached hydrogen (secondary N) is 1. The first-order chi connectivity index (χ1) is 11.5. The van der Waals surface area contributed by atoms with Crippen LogP contribution < -0.4 is 5.32 Å². The van der Waals surface area contributed by atoms with Gasteiger partial charge in [0.1, 0.15) is 17.3 Å². The van der Waals surface area contributed by atoms with E-state index in [9.17, 15) is 9.18 Å². The van der Waals surface area contributed by atoms with Crippen molar-refractivity contribution in [2.75, 3.05) is 18.4 Å². The highest BCUT2D eigenvalue weighted by molar-refractivity contribution is 6.31. The van der Waals surface area contributed by atoms with Gasteiger partial charge in [-0.2, -0.15) is 0 Å². The van der Waals surface area contributed by atoms with E-state index in [-0.39, 0.29) is 10.9 Å². The number of hydrogen-bond acceptors (Lipinski definition) is 4. The molecule has 0 aliphatic carbocycles. The number of halogens is 2. The van der Waals surface area contributed by atoms with E-state index < -0.39 is 5.82 Å². The molecule has 1 N–H and O–H groups in total. The Morgan fingerprint density at radius 1 is 1.38 bits per heavy atom. The average molecular weight is 349 g/mol. The highest BCUT2D eigenvalue weighted by Crippen LogP contribution is 2.22. The lowest BCUT2D eigenvalue weighted by Crippen LogP contribution is -2.39. The second kappa shape index (κ2) is 7.13. The fraction of sp³-hybridized carbons (Fsp3) is 0.353. The Labute approximate surface area is 144 Å². The number of amides is 1. The molecule has 1 amide bonds. The van der Waals surface area contributed by atoms with Crippen molar-refractivity contribution in [3.8, 4) is 0 Å². The molecule has 0 spiro atoms. The van der Waals surface area contributed by atoms with E-state index in [0.29, 0.717) is 23.1 Å². The Bertz CT molecular complexity index is 738. The number of benzene rings is 1. The Kier molecular flexibility index (Phi) is 4.94. The molecule has 2 heterocycles. The zero-order valence-electron chi connectivity index (χ0n) is 13.3. The maximum Gasteiger partial charge on any atom is 0.274 e. The number of hydrogen-bond donors (Lipinski definition) is 1. The molecule has 1 unspecified atom stereocenters. The van der Waals surface area contributed by atoms with Crippen LogP contribution in [-0.4, -0.2) is 33.9 Å². The van der Waals surface area contributed by atoms with E-state index in [1.165, 1.54) is 24.5 Å². The monoisotopic (exact) mass is 348 g/mol. The van der Waals surface area contributed by atoms with Gasteiger partial charge in [-0.05, 0) is 37.0 Å². The van der Waals surface area contributed by atoms with Crippen LogP contribution in [0, 0.1) is 11.7 Å². The van der Waals surface area contributed by atoms with Gasteiger partial charge in [0.05, 0.1) is 17.4 Å². The maximum atomic E-state index is 13.2. The molecule has 24 heavy (non-hydrogen) atoms. The first-order valence-corrected chi connectivity index (χ1v) is 8.24. The van der Waals surface area contributed by atoms with E-state index in [1.807, 2.05) is 4.90 Å². The van der Waals surface area contributed by atoms with Crippen LogP contribution in [0.3, 0.4) is 0 Å². The van der Waals surface area contributed by atoms with E-state index in [2.05, 4.69) is 22.2 Å². The smallest absolute Gasteiger partial charge is 0.274 e. The van der Waals surface area contributed by atoms with Gasteiger partial charge in [0.15, 0.2) is 0 Å². The van der Waals surface area contributed by atoms with Gasteiger partial charge < -0.3 is 10.2 Å². The van der Waals surface area contributed by atoms with Gasteiger partial charge in [-0.1, -0.05) is 18.5 Å². The van der Waals surface area contributed by atoms with Crippen LogP contribution in [0.15, 0.2) is 30.6 Å². The highest BCUT2D eigenvalue weighted by Gasteiger charge is 2.23. The Morgan fingerprint density at radius 3 is 2.88 bits per heavy atom. The molecule has 0 saturated carbocycles. The quantitative estimate of drug-likeness (QED) is 0.914. The highest BCUT2D eigenvalue weighted by atomic mass is 35.5. The molecular weight excluding hydrogens is 331 g/mol. The summed E-state index contributed by atoms with van der Waals surface area (Å²) >= 11 is 5.74. The summed E-state index contributed by atoms with van der Waals surface area (Å²) in [6.45, 7) is 3.67. The first kappa shape index (κ1) is 16.6. The summed E-state index contributed by atoms with van der Waals surface area (Å²) in [6.07, 6.45) is 5.11. The third-order valence-corrected chi connectivity index (χ3v) is 4.30. The van der Waals surface area contributed by atoms with Crippen LogP contribution in [-0.2, 0) is 0 Å². The average Bonchev–Trinajstić information content (AvgIpc) is 2.58. The summed E-state index contributed by atoms with van der Waals surface area (Å²) in [7, 11) is 0. The third kappa shape index (κ3) is 3.82. The number of rotatable bonds is 3. The van der Waals surface area contributed by atoms with Crippen molar-refractivity contribution in [1.29, 1.82) is 0 Å². The van der Waals surface area contributed by atoms with Gasteiger partial charge in [-0.3, -0.25) is 4.79 Å². The third-order valence-electron chi connectivity index (χ3n) is 4.01. The normalized spacial score (nSPS) is 17.6. The van der Waals surface area contributed by atoms with Gasteiger partial charge in [-0.15, -0.1) is 0 Å². The molecule has 1 atom stereocenters. The van der Waals surface area contributed by atoms with Crippen LogP contribution in [0.4, 0.5) is 15.9 Å². The van der Waals surface area contributed by atoms with E-state index >= 15 is 0 Å². The predicted octanol–water partition coefficient (Wildman–Crippen LogP) is 3.88. The molecule has 0 radical (unpaired) electrons. The van der Waals surface area contributed by atoms with Gasteiger partial charge in [-0.25, -0.2) is 14.4 Å². The lowest BCUT2D eigenvalue weighted by molar-refractivity contribution is 0.0676. The van der Waals surface area contributed by atoms with Crippen molar-refractivity contribution < 1.29 is 9.18 Å². The second-order valence-electron chi connectivity index (χ2n) is 6.04. The molecule has 0 bridgehead atoms. The molecule has 1 aliphatic heterocycles. The fourth-order valence-corrected chi connectivity index (χ4v) is 2.94. The Hall–Kier alpha value is -2.21. The van der Waals surface area contributed by atoms with Gasteiger partial charge >= 0.3 is 0 Å². The molecule has 2 aromatic rings. The fourth-order valence-electron chi connectivity index (χ4n) is 2.76. The van der Waals surface area contributed by atoms with Gasteiger partial charge in [0.2, 0.25) is 0 Å². The largest absolute Gasteiger partial charge is 0.339 e. The lowest BCUT2D eigenvalue weighted by atomic mass is 10.0. The molecule has 1 aromatic carbocycles. The molecule has 126 valence electrons. The number of nitrogens with zero attached hydrogens (tertiary/aromatic N) is 3. The number of carbonyl (C=O) groups is 1. The van der Waals surface area contributed by atoms with Crippen LogP contribution in [0.2, 0.25) is 5.02 Å². The van der Waals surface area contributed by atoms with Crippen LogP contribution >= 0.6 is 11.6 Å². The minimum absolute atomic E-state index is 0.0268. The van der Waals surface area contributed by atoms with Crippen LogP contribution in [0.1, 0.15) is 30.3 Å². The first-order valence-electron chi connectivity index (χ1n) is 7.86. The molecular formula is C17H18ClFN4O. The van der Waals surface area contributed by atoms with E-state index in [4.69, 9.17) is 11.6 Å². The van der Waals surface area contributed by atoms with Crippen molar-refractivity contribution in [3.05, 3.63) is 47.1 Å². The summed E-state index contributed by atoms with van der Waals surface area (Å²) in [6, 6.07) is 4.29. The zero-order chi connectivity index (χ0) is 17.1. The number of carbonyl (C=O) groups excluding carboxylic acids is 1. The van der Waals surface area contributed by atoms with Crippen molar-refractivity contribution in [2.24, 2.45) is 5.92 Å².